The van der Waals surface area contributed by atoms with Crippen LogP contribution < -0.4 is 0 Å². The first-order valence-corrected chi connectivity index (χ1v) is 6.53. The molecule has 5 heteroatoms. The fourth-order valence-corrected chi connectivity index (χ4v) is 0.365. The van der Waals surface area contributed by atoms with Crippen molar-refractivity contribution < 1.29 is 46.3 Å². The van der Waals surface area contributed by atoms with E-state index in [4.69, 9.17) is 20.4 Å². The number of hydrogen-bond acceptors (Lipinski definition) is 4. The zero-order valence-corrected chi connectivity index (χ0v) is 16.7. The Kier molecular flexibility index (Phi) is 78.1. The molecule has 0 aliphatic carbocycles. The van der Waals surface area contributed by atoms with Gasteiger partial charge in [-0.1, -0.05) is 24.3 Å². The van der Waals surface area contributed by atoms with Crippen LogP contribution in [0.2, 0.25) is 0 Å². The largest absolute Gasteiger partial charge is 0.396 e. The Hall–Kier alpha value is -0.330. The smallest absolute Gasteiger partial charge is 0.0465 e. The van der Waals surface area contributed by atoms with Crippen molar-refractivity contribution in [2.45, 2.75) is 25.7 Å². The van der Waals surface area contributed by atoms with Crippen molar-refractivity contribution in [3.63, 3.8) is 0 Å². The predicted octanol–water partition coefficient (Wildman–Crippen LogP) is 2.22. The van der Waals surface area contributed by atoms with E-state index in [2.05, 4.69) is 26.3 Å². The van der Waals surface area contributed by atoms with Crippen molar-refractivity contribution in [3.8, 4) is 0 Å². The van der Waals surface area contributed by atoms with Crippen molar-refractivity contribution in [1.82, 2.24) is 0 Å². The summed E-state index contributed by atoms with van der Waals surface area (Å²) in [5, 5.41) is 32.0. The van der Waals surface area contributed by atoms with Crippen LogP contribution in [-0.2, 0) is 25.8 Å². The van der Waals surface area contributed by atoms with Gasteiger partial charge in [-0.3, -0.25) is 0 Å². The van der Waals surface area contributed by atoms with Crippen LogP contribution in [0.25, 0.3) is 0 Å². The molecule has 0 spiro atoms. The first kappa shape index (κ1) is 32.6. The normalized spacial score (nSPS) is 7.05. The monoisotopic (exact) mass is 468 g/mol. The van der Waals surface area contributed by atoms with E-state index in [1.165, 1.54) is 0 Å². The van der Waals surface area contributed by atoms with Crippen LogP contribution in [0, 0.1) is 0 Å². The molecule has 0 unspecified atom stereocenters. The molecule has 0 radical (unpaired) electrons. The summed E-state index contributed by atoms with van der Waals surface area (Å²) in [7, 11) is 0. The van der Waals surface area contributed by atoms with Crippen molar-refractivity contribution in [2.24, 2.45) is 0 Å². The molecule has 0 aliphatic heterocycles. The predicted molar refractivity (Wildman–Crippen MR) is 87.6 cm³/mol. The molecule has 0 saturated carbocycles. The Morgan fingerprint density at radius 2 is 0.619 bits per heavy atom. The van der Waals surface area contributed by atoms with Crippen LogP contribution in [0.3, 0.4) is 0 Å². The number of aliphatic hydroxyl groups is 4. The van der Waals surface area contributed by atoms with Crippen molar-refractivity contribution >= 4 is 0 Å². The van der Waals surface area contributed by atoms with E-state index in [0.29, 0.717) is 25.7 Å². The molecule has 0 saturated heterocycles. The van der Waals surface area contributed by atoms with Crippen molar-refractivity contribution in [3.05, 3.63) is 50.6 Å². The summed E-state index contributed by atoms with van der Waals surface area (Å²) in [6.07, 6.45) is 9.56. The molecule has 4 nitrogen and oxygen atoms in total. The van der Waals surface area contributed by atoms with Crippen molar-refractivity contribution in [1.29, 1.82) is 0 Å². The molecule has 21 heavy (non-hydrogen) atoms. The molecular weight excluding hydrogens is 435 g/mol. The van der Waals surface area contributed by atoms with E-state index in [9.17, 15) is 0 Å². The van der Waals surface area contributed by atoms with Gasteiger partial charge >= 0.3 is 0 Å². The Labute approximate surface area is 149 Å². The Morgan fingerprint density at radius 3 is 0.619 bits per heavy atom. The van der Waals surface area contributed by atoms with Crippen LogP contribution >= 0.6 is 0 Å². The second-order valence-electron chi connectivity index (χ2n) is 3.20. The maximum Gasteiger partial charge on any atom is 0.0465 e. The van der Waals surface area contributed by atoms with Gasteiger partial charge in [-0.25, -0.2) is 0 Å². The van der Waals surface area contributed by atoms with Gasteiger partial charge in [0, 0.05) is 52.3 Å². The quantitative estimate of drug-likeness (QED) is 0.327. The average Bonchev–Trinajstić information content (AvgIpc) is 2.44. The number of aliphatic hydroxyl groups excluding tert-OH is 4. The fourth-order valence-electron chi connectivity index (χ4n) is 0.365. The van der Waals surface area contributed by atoms with Gasteiger partial charge < -0.3 is 20.4 Å². The minimum Gasteiger partial charge on any atom is -0.396 e. The van der Waals surface area contributed by atoms with E-state index < -0.39 is 0 Å². The van der Waals surface area contributed by atoms with Crippen molar-refractivity contribution in [2.75, 3.05) is 26.4 Å². The van der Waals surface area contributed by atoms with Crippen LogP contribution in [0.4, 0.5) is 0 Å². The third-order valence-electron chi connectivity index (χ3n) is 1.33. The summed E-state index contributed by atoms with van der Waals surface area (Å²) in [6.45, 7) is 14.5. The molecule has 0 atom stereocenters. The van der Waals surface area contributed by atoms with Crippen LogP contribution in [0.15, 0.2) is 50.6 Å². The molecule has 0 heterocycles. The number of rotatable bonds is 8. The van der Waals surface area contributed by atoms with E-state index >= 15 is 0 Å². The van der Waals surface area contributed by atoms with Gasteiger partial charge in [-0.05, 0) is 25.7 Å². The fraction of sp³-hybridized carbons (Fsp3) is 0.500. The molecule has 0 aliphatic rings. The summed E-state index contributed by atoms with van der Waals surface area (Å²) in [6, 6.07) is 0. The maximum absolute atomic E-state index is 8.00. The Balaban J connectivity index is -0.0000000533. The molecule has 0 fully saturated rings. The van der Waals surface area contributed by atoms with Gasteiger partial charge in [0.2, 0.25) is 0 Å². The number of hydrogen-bond donors (Lipinski definition) is 4. The molecule has 124 valence electrons. The van der Waals surface area contributed by atoms with E-state index in [1.807, 2.05) is 0 Å². The second kappa shape index (κ2) is 50.3. The maximum atomic E-state index is 8.00. The average molecular weight is 467 g/mol. The molecular formula is C16H32HfO4. The summed E-state index contributed by atoms with van der Waals surface area (Å²) in [5.74, 6) is 0. The van der Waals surface area contributed by atoms with E-state index in [-0.39, 0.29) is 52.3 Å². The summed E-state index contributed by atoms with van der Waals surface area (Å²) in [4.78, 5) is 0. The minimum atomic E-state index is 0. The molecule has 0 aromatic rings. The van der Waals surface area contributed by atoms with Crippen LogP contribution in [0.1, 0.15) is 25.7 Å². The topological polar surface area (TPSA) is 80.9 Å². The van der Waals surface area contributed by atoms with Gasteiger partial charge in [-0.2, -0.15) is 0 Å². The first-order chi connectivity index (χ1) is 9.66. The molecule has 0 rings (SSSR count). The molecule has 0 amide bonds. The third-order valence-corrected chi connectivity index (χ3v) is 1.33. The minimum absolute atomic E-state index is 0. The summed E-state index contributed by atoms with van der Waals surface area (Å²) in [5.41, 5.74) is 0. The summed E-state index contributed by atoms with van der Waals surface area (Å²) >= 11 is 0. The van der Waals surface area contributed by atoms with Gasteiger partial charge in [0.1, 0.15) is 0 Å². The van der Waals surface area contributed by atoms with Gasteiger partial charge in [0.25, 0.3) is 0 Å². The van der Waals surface area contributed by atoms with Crippen LogP contribution in [0.5, 0.6) is 0 Å². The second-order valence-corrected chi connectivity index (χ2v) is 3.20. The van der Waals surface area contributed by atoms with Gasteiger partial charge in [0.15, 0.2) is 0 Å². The molecule has 4 N–H and O–H groups in total. The molecule has 0 aromatic heterocycles. The molecule has 0 aromatic carbocycles. The zero-order valence-electron chi connectivity index (χ0n) is 13.1. The zero-order chi connectivity index (χ0) is 16.5. The Morgan fingerprint density at radius 1 is 0.476 bits per heavy atom. The van der Waals surface area contributed by atoms with E-state index in [1.54, 1.807) is 24.3 Å². The molecule has 0 bridgehead atoms. The van der Waals surface area contributed by atoms with Crippen LogP contribution in [-0.4, -0.2) is 46.9 Å². The van der Waals surface area contributed by atoms with E-state index in [0.717, 1.165) is 0 Å². The SMILES string of the molecule is C=CCCO.C=CCCO.C=CCCO.C=CCCO.[Hf]. The summed E-state index contributed by atoms with van der Waals surface area (Å²) < 4.78 is 0. The standard InChI is InChI=1S/4C4H8O.Hf/c4*1-2-3-4-5;/h4*2,5H,1,3-4H2;. The first-order valence-electron chi connectivity index (χ1n) is 6.53. The van der Waals surface area contributed by atoms with Gasteiger partial charge in [-0.15, -0.1) is 26.3 Å². The van der Waals surface area contributed by atoms with Gasteiger partial charge in [0.05, 0.1) is 0 Å². The Bertz CT molecular complexity index is 145. The third kappa shape index (κ3) is 104.